The number of amides is 1. The molecule has 0 aliphatic heterocycles. The molecular weight excluding hydrogens is 142 g/mol. The van der Waals surface area contributed by atoms with E-state index in [2.05, 4.69) is 5.32 Å². The van der Waals surface area contributed by atoms with Gasteiger partial charge in [-0.1, -0.05) is 20.8 Å². The molecule has 0 spiro atoms. The zero-order valence-corrected chi connectivity index (χ0v) is 7.64. The molecule has 0 heterocycles. The van der Waals surface area contributed by atoms with E-state index in [0.29, 0.717) is 0 Å². The summed E-state index contributed by atoms with van der Waals surface area (Å²) in [5, 5.41) is 11.3. The Hall–Kier alpha value is -0.570. The highest BCUT2D eigenvalue weighted by Gasteiger charge is 2.21. The molecule has 0 aliphatic rings. The Balaban J connectivity index is 3.88. The minimum absolute atomic E-state index is 0.0121. The van der Waals surface area contributed by atoms with E-state index >= 15 is 0 Å². The Morgan fingerprint density at radius 2 is 2.00 bits per heavy atom. The third-order valence-electron chi connectivity index (χ3n) is 1.33. The van der Waals surface area contributed by atoms with Crippen LogP contribution in [0.25, 0.3) is 0 Å². The molecule has 0 aromatic rings. The van der Waals surface area contributed by atoms with Crippen molar-refractivity contribution in [2.75, 3.05) is 6.61 Å². The highest BCUT2D eigenvalue weighted by atomic mass is 16.3. The third kappa shape index (κ3) is 3.98. The lowest BCUT2D eigenvalue weighted by Crippen LogP contribution is -2.41. The Bertz CT molecular complexity index is 138. The van der Waals surface area contributed by atoms with Crippen LogP contribution in [0.3, 0.4) is 0 Å². The zero-order chi connectivity index (χ0) is 9.07. The Morgan fingerprint density at radius 1 is 1.55 bits per heavy atom. The molecule has 1 amide bonds. The van der Waals surface area contributed by atoms with Gasteiger partial charge in [0.2, 0.25) is 5.91 Å². The van der Waals surface area contributed by atoms with Gasteiger partial charge in [0.15, 0.2) is 0 Å². The maximum atomic E-state index is 11.2. The summed E-state index contributed by atoms with van der Waals surface area (Å²) in [6.45, 7) is 7.27. The predicted octanol–water partition coefficient (Wildman–Crippen LogP) is 0.529. The van der Waals surface area contributed by atoms with Gasteiger partial charge in [0.05, 0.1) is 6.61 Å². The van der Waals surface area contributed by atoms with E-state index in [-0.39, 0.29) is 24.0 Å². The lowest BCUT2D eigenvalue weighted by atomic mass is 9.95. The molecule has 1 atom stereocenters. The minimum Gasteiger partial charge on any atom is -0.394 e. The fourth-order valence-electron chi connectivity index (χ4n) is 0.486. The van der Waals surface area contributed by atoms with Gasteiger partial charge in [-0.25, -0.2) is 0 Å². The Kier molecular flexibility index (Phi) is 3.52. The number of aliphatic hydroxyl groups excluding tert-OH is 1. The second kappa shape index (κ2) is 3.72. The Morgan fingerprint density at radius 3 is 2.27 bits per heavy atom. The first-order valence-electron chi connectivity index (χ1n) is 3.79. The summed E-state index contributed by atoms with van der Waals surface area (Å²) >= 11 is 0. The van der Waals surface area contributed by atoms with Crippen molar-refractivity contribution in [1.29, 1.82) is 0 Å². The van der Waals surface area contributed by atoms with Crippen LogP contribution < -0.4 is 5.32 Å². The number of nitrogens with one attached hydrogen (secondary N) is 1. The second-order valence-electron chi connectivity index (χ2n) is 3.81. The fraction of sp³-hybridized carbons (Fsp3) is 0.875. The molecule has 11 heavy (non-hydrogen) atoms. The van der Waals surface area contributed by atoms with Crippen LogP contribution in [0.1, 0.15) is 27.7 Å². The average molecular weight is 159 g/mol. The molecule has 3 nitrogen and oxygen atoms in total. The summed E-state index contributed by atoms with van der Waals surface area (Å²) in [7, 11) is 0. The van der Waals surface area contributed by atoms with E-state index in [1.165, 1.54) is 0 Å². The van der Waals surface area contributed by atoms with Crippen LogP contribution in [0.4, 0.5) is 0 Å². The largest absolute Gasteiger partial charge is 0.394 e. The molecule has 0 saturated heterocycles. The summed E-state index contributed by atoms with van der Waals surface area (Å²) in [5.74, 6) is -0.0287. The van der Waals surface area contributed by atoms with Crippen LogP contribution in [-0.4, -0.2) is 23.7 Å². The predicted molar refractivity (Wildman–Crippen MR) is 44.1 cm³/mol. The number of hydrogen-bond acceptors (Lipinski definition) is 2. The normalized spacial score (nSPS) is 14.3. The van der Waals surface area contributed by atoms with Crippen molar-refractivity contribution < 1.29 is 9.90 Å². The first-order valence-corrected chi connectivity index (χ1v) is 3.79. The standard InChI is InChI=1S/C8H17NO2/c1-6(5-10)9-7(11)8(2,3)4/h6,10H,5H2,1-4H3,(H,9,11). The molecule has 66 valence electrons. The highest BCUT2D eigenvalue weighted by Crippen LogP contribution is 2.12. The zero-order valence-electron chi connectivity index (χ0n) is 7.64. The maximum Gasteiger partial charge on any atom is 0.225 e. The van der Waals surface area contributed by atoms with Crippen molar-refractivity contribution >= 4 is 5.91 Å². The SMILES string of the molecule is CC(CO)NC(=O)C(C)(C)C. The molecular formula is C8H17NO2. The second-order valence-corrected chi connectivity index (χ2v) is 3.81. The monoisotopic (exact) mass is 159 g/mol. The van der Waals surface area contributed by atoms with Crippen molar-refractivity contribution in [3.63, 3.8) is 0 Å². The molecule has 1 unspecified atom stereocenters. The molecule has 0 rings (SSSR count). The number of carbonyl (C=O) groups excluding carboxylic acids is 1. The van der Waals surface area contributed by atoms with E-state index in [1.54, 1.807) is 6.92 Å². The van der Waals surface area contributed by atoms with Gasteiger partial charge in [0.1, 0.15) is 0 Å². The van der Waals surface area contributed by atoms with Crippen molar-refractivity contribution in [2.45, 2.75) is 33.7 Å². The van der Waals surface area contributed by atoms with Gasteiger partial charge in [-0.3, -0.25) is 4.79 Å². The number of carbonyl (C=O) groups is 1. The van der Waals surface area contributed by atoms with Gasteiger partial charge in [0, 0.05) is 11.5 Å². The molecule has 0 fully saturated rings. The van der Waals surface area contributed by atoms with Gasteiger partial charge in [0.25, 0.3) is 0 Å². The lowest BCUT2D eigenvalue weighted by Gasteiger charge is -2.20. The van der Waals surface area contributed by atoms with E-state index in [1.807, 2.05) is 20.8 Å². The van der Waals surface area contributed by atoms with Gasteiger partial charge in [-0.15, -0.1) is 0 Å². The van der Waals surface area contributed by atoms with E-state index < -0.39 is 0 Å². The van der Waals surface area contributed by atoms with Crippen LogP contribution in [-0.2, 0) is 4.79 Å². The molecule has 2 N–H and O–H groups in total. The Labute approximate surface area is 67.8 Å². The number of rotatable bonds is 2. The van der Waals surface area contributed by atoms with Crippen molar-refractivity contribution in [3.8, 4) is 0 Å². The van der Waals surface area contributed by atoms with Crippen LogP contribution in [0, 0.1) is 5.41 Å². The molecule has 0 saturated carbocycles. The van der Waals surface area contributed by atoms with Gasteiger partial charge < -0.3 is 10.4 Å². The summed E-state index contributed by atoms with van der Waals surface area (Å²) < 4.78 is 0. The summed E-state index contributed by atoms with van der Waals surface area (Å²) in [6, 6.07) is -0.151. The van der Waals surface area contributed by atoms with Gasteiger partial charge >= 0.3 is 0 Å². The first kappa shape index (κ1) is 10.4. The topological polar surface area (TPSA) is 49.3 Å². The molecule has 0 aromatic heterocycles. The summed E-state index contributed by atoms with van der Waals surface area (Å²) in [6.07, 6.45) is 0. The molecule has 3 heteroatoms. The van der Waals surface area contributed by atoms with Gasteiger partial charge in [-0.05, 0) is 6.92 Å². The van der Waals surface area contributed by atoms with Crippen molar-refractivity contribution in [1.82, 2.24) is 5.32 Å². The number of aliphatic hydroxyl groups is 1. The lowest BCUT2D eigenvalue weighted by molar-refractivity contribution is -0.129. The minimum atomic E-state index is -0.372. The summed E-state index contributed by atoms with van der Waals surface area (Å²) in [5.41, 5.74) is -0.372. The van der Waals surface area contributed by atoms with Crippen molar-refractivity contribution in [2.24, 2.45) is 5.41 Å². The molecule has 0 bridgehead atoms. The fourth-order valence-corrected chi connectivity index (χ4v) is 0.486. The van der Waals surface area contributed by atoms with Crippen molar-refractivity contribution in [3.05, 3.63) is 0 Å². The van der Waals surface area contributed by atoms with Crippen LogP contribution >= 0.6 is 0 Å². The number of hydrogen-bond donors (Lipinski definition) is 2. The van der Waals surface area contributed by atoms with E-state index in [0.717, 1.165) is 0 Å². The first-order chi connectivity index (χ1) is 4.88. The third-order valence-corrected chi connectivity index (χ3v) is 1.33. The quantitative estimate of drug-likeness (QED) is 0.617. The van der Waals surface area contributed by atoms with Crippen LogP contribution in [0.15, 0.2) is 0 Å². The summed E-state index contributed by atoms with van der Waals surface area (Å²) in [4.78, 5) is 11.2. The molecule has 0 aromatic carbocycles. The maximum absolute atomic E-state index is 11.2. The van der Waals surface area contributed by atoms with E-state index in [4.69, 9.17) is 5.11 Å². The van der Waals surface area contributed by atoms with Crippen LogP contribution in [0.2, 0.25) is 0 Å². The average Bonchev–Trinajstić information content (AvgIpc) is 1.85. The highest BCUT2D eigenvalue weighted by molar-refractivity contribution is 5.81. The molecule has 0 radical (unpaired) electrons. The van der Waals surface area contributed by atoms with Gasteiger partial charge in [-0.2, -0.15) is 0 Å². The smallest absolute Gasteiger partial charge is 0.225 e. The molecule has 0 aliphatic carbocycles. The van der Waals surface area contributed by atoms with E-state index in [9.17, 15) is 4.79 Å². The van der Waals surface area contributed by atoms with Crippen LogP contribution in [0.5, 0.6) is 0 Å².